The van der Waals surface area contributed by atoms with Crippen LogP contribution in [0.1, 0.15) is 31.2 Å². The molecular weight excluding hydrogens is 291 g/mol. The number of rotatable bonds is 3. The Morgan fingerprint density at radius 3 is 2.29 bits per heavy atom. The molecule has 0 heterocycles. The fraction of sp³-hybridized carbons (Fsp3) is 0.600. The minimum Gasteiger partial charge on any atom is -0.392 e. The molecule has 1 saturated carbocycles. The molecule has 1 atom stereocenters. The van der Waals surface area contributed by atoms with Crippen LogP contribution in [0.25, 0.3) is 0 Å². The molecule has 118 valence electrons. The first-order valence-electron chi connectivity index (χ1n) is 6.96. The molecule has 21 heavy (non-hydrogen) atoms. The summed E-state index contributed by atoms with van der Waals surface area (Å²) in [5, 5.41) is 10.1. The van der Waals surface area contributed by atoms with Gasteiger partial charge in [-0.3, -0.25) is 0 Å². The third kappa shape index (κ3) is 4.15. The first-order valence-corrected chi connectivity index (χ1v) is 6.96. The summed E-state index contributed by atoms with van der Waals surface area (Å²) < 4.78 is 64.2. The van der Waals surface area contributed by atoms with Crippen molar-refractivity contribution < 1.29 is 27.1 Å². The van der Waals surface area contributed by atoms with Gasteiger partial charge in [-0.15, -0.1) is 0 Å². The van der Waals surface area contributed by atoms with E-state index < -0.39 is 29.8 Å². The maximum absolute atomic E-state index is 13.5. The molecule has 1 aromatic rings. The summed E-state index contributed by atoms with van der Waals surface area (Å²) in [5.41, 5.74) is 0.0560. The van der Waals surface area contributed by atoms with Crippen LogP contribution in [0.15, 0.2) is 18.2 Å². The zero-order valence-corrected chi connectivity index (χ0v) is 11.3. The molecule has 0 radical (unpaired) electrons. The Balaban J connectivity index is 1.93. The van der Waals surface area contributed by atoms with Gasteiger partial charge in [-0.25, -0.2) is 8.78 Å². The van der Waals surface area contributed by atoms with Crippen molar-refractivity contribution in [2.45, 2.75) is 44.4 Å². The van der Waals surface area contributed by atoms with Gasteiger partial charge in [0, 0.05) is 6.42 Å². The number of hydrogen-bond acceptors (Lipinski definition) is 1. The van der Waals surface area contributed by atoms with Crippen LogP contribution in [0.5, 0.6) is 0 Å². The Kier molecular flexibility index (Phi) is 4.86. The van der Waals surface area contributed by atoms with E-state index in [2.05, 4.69) is 0 Å². The van der Waals surface area contributed by atoms with Crippen molar-refractivity contribution in [3.8, 4) is 0 Å². The highest BCUT2D eigenvalue weighted by molar-refractivity contribution is 5.19. The molecule has 0 saturated heterocycles. The van der Waals surface area contributed by atoms with Crippen molar-refractivity contribution in [2.24, 2.45) is 11.8 Å². The summed E-state index contributed by atoms with van der Waals surface area (Å²) >= 11 is 0. The van der Waals surface area contributed by atoms with Crippen LogP contribution in [-0.2, 0) is 6.42 Å². The highest BCUT2D eigenvalue weighted by atomic mass is 19.4. The van der Waals surface area contributed by atoms with Crippen molar-refractivity contribution in [1.82, 2.24) is 0 Å². The van der Waals surface area contributed by atoms with Crippen LogP contribution < -0.4 is 0 Å². The summed E-state index contributed by atoms with van der Waals surface area (Å²) in [6.07, 6.45) is -4.75. The third-order valence-corrected chi connectivity index (χ3v) is 4.22. The van der Waals surface area contributed by atoms with E-state index in [1.165, 1.54) is 0 Å². The lowest BCUT2D eigenvalue weighted by Crippen LogP contribution is -2.33. The quantitative estimate of drug-likeness (QED) is 0.828. The van der Waals surface area contributed by atoms with E-state index in [1.807, 2.05) is 0 Å². The molecule has 0 amide bonds. The molecule has 1 aromatic carbocycles. The van der Waals surface area contributed by atoms with Crippen LogP contribution in [-0.4, -0.2) is 17.4 Å². The molecule has 1 nitrogen and oxygen atoms in total. The lowest BCUT2D eigenvalue weighted by molar-refractivity contribution is -0.185. The normalized spacial score (nSPS) is 24.9. The highest BCUT2D eigenvalue weighted by Gasteiger charge is 2.42. The molecule has 2 rings (SSSR count). The van der Waals surface area contributed by atoms with Crippen molar-refractivity contribution >= 4 is 0 Å². The average Bonchev–Trinajstić information content (AvgIpc) is 2.42. The van der Waals surface area contributed by atoms with E-state index in [0.717, 1.165) is 18.2 Å². The first-order chi connectivity index (χ1) is 9.77. The second-order valence-corrected chi connectivity index (χ2v) is 5.66. The molecule has 1 fully saturated rings. The van der Waals surface area contributed by atoms with Gasteiger partial charge in [0.2, 0.25) is 0 Å². The van der Waals surface area contributed by atoms with Crippen LogP contribution >= 0.6 is 0 Å². The Labute approximate surface area is 119 Å². The maximum atomic E-state index is 13.5. The van der Waals surface area contributed by atoms with E-state index in [4.69, 9.17) is 0 Å². The number of aliphatic hydroxyl groups excluding tert-OH is 1. The molecule has 1 aliphatic carbocycles. The fourth-order valence-corrected chi connectivity index (χ4v) is 2.92. The monoisotopic (exact) mass is 308 g/mol. The number of benzene rings is 1. The molecule has 1 aliphatic rings. The van der Waals surface area contributed by atoms with Gasteiger partial charge < -0.3 is 5.11 Å². The molecule has 0 aromatic heterocycles. The van der Waals surface area contributed by atoms with E-state index >= 15 is 0 Å². The second-order valence-electron chi connectivity index (χ2n) is 5.66. The predicted octanol–water partition coefficient (Wildman–Crippen LogP) is 4.24. The largest absolute Gasteiger partial charge is 0.392 e. The van der Waals surface area contributed by atoms with Gasteiger partial charge in [0.15, 0.2) is 0 Å². The van der Waals surface area contributed by atoms with Crippen LogP contribution in [0.3, 0.4) is 0 Å². The maximum Gasteiger partial charge on any atom is 0.391 e. The van der Waals surface area contributed by atoms with Crippen molar-refractivity contribution in [3.63, 3.8) is 0 Å². The lowest BCUT2D eigenvalue weighted by Gasteiger charge is -2.32. The van der Waals surface area contributed by atoms with E-state index in [-0.39, 0.29) is 43.6 Å². The van der Waals surface area contributed by atoms with Gasteiger partial charge in [0.1, 0.15) is 11.6 Å². The predicted molar refractivity (Wildman–Crippen MR) is 67.6 cm³/mol. The molecule has 0 bridgehead atoms. The standard InChI is InChI=1S/C15H17F5O/c16-12-5-6-13(17)10(7-12)8-14(21)9-1-3-11(4-2-9)15(18,19)20/h5-7,9,11,14,21H,1-4,8H2. The molecule has 1 unspecified atom stereocenters. The Hall–Kier alpha value is -1.17. The Bertz CT molecular complexity index is 477. The van der Waals surface area contributed by atoms with Crippen LogP contribution in [0.4, 0.5) is 22.0 Å². The highest BCUT2D eigenvalue weighted by Crippen LogP contribution is 2.40. The summed E-state index contributed by atoms with van der Waals surface area (Å²) in [6, 6.07) is 2.98. The Morgan fingerprint density at radius 1 is 1.10 bits per heavy atom. The molecule has 1 N–H and O–H groups in total. The summed E-state index contributed by atoms with van der Waals surface area (Å²) in [6.45, 7) is 0. The van der Waals surface area contributed by atoms with Crippen LogP contribution in [0, 0.1) is 23.5 Å². The first kappa shape index (κ1) is 16.2. The van der Waals surface area contributed by atoms with Crippen molar-refractivity contribution in [3.05, 3.63) is 35.4 Å². The Morgan fingerprint density at radius 2 is 1.71 bits per heavy atom. The summed E-state index contributed by atoms with van der Waals surface area (Å²) in [4.78, 5) is 0. The average molecular weight is 308 g/mol. The topological polar surface area (TPSA) is 20.2 Å². The number of aliphatic hydroxyl groups is 1. The third-order valence-electron chi connectivity index (χ3n) is 4.22. The van der Waals surface area contributed by atoms with Gasteiger partial charge in [0.05, 0.1) is 12.0 Å². The van der Waals surface area contributed by atoms with Gasteiger partial charge in [-0.1, -0.05) is 0 Å². The summed E-state index contributed by atoms with van der Waals surface area (Å²) in [5.74, 6) is -2.82. The zero-order chi connectivity index (χ0) is 15.6. The fourth-order valence-electron chi connectivity index (χ4n) is 2.92. The number of halogens is 5. The SMILES string of the molecule is OC(Cc1cc(F)ccc1F)C1CCC(C(F)(F)F)CC1. The minimum atomic E-state index is -4.19. The molecular formula is C15H17F5O. The van der Waals surface area contributed by atoms with Gasteiger partial charge >= 0.3 is 6.18 Å². The number of alkyl halides is 3. The smallest absolute Gasteiger partial charge is 0.391 e. The van der Waals surface area contributed by atoms with Crippen molar-refractivity contribution in [2.75, 3.05) is 0 Å². The minimum absolute atomic E-state index is 0.0170. The van der Waals surface area contributed by atoms with Crippen LogP contribution in [0.2, 0.25) is 0 Å². The zero-order valence-electron chi connectivity index (χ0n) is 11.3. The van der Waals surface area contributed by atoms with E-state index in [9.17, 15) is 27.1 Å². The molecule has 0 aliphatic heterocycles. The van der Waals surface area contributed by atoms with Crippen molar-refractivity contribution in [1.29, 1.82) is 0 Å². The van der Waals surface area contributed by atoms with E-state index in [1.54, 1.807) is 0 Å². The molecule has 0 spiro atoms. The van der Waals surface area contributed by atoms with Gasteiger partial charge in [-0.2, -0.15) is 13.2 Å². The van der Waals surface area contributed by atoms with Gasteiger partial charge in [-0.05, 0) is 55.4 Å². The number of hydrogen-bond donors (Lipinski definition) is 1. The molecule has 6 heteroatoms. The lowest BCUT2D eigenvalue weighted by atomic mass is 9.78. The summed E-state index contributed by atoms with van der Waals surface area (Å²) in [7, 11) is 0. The second kappa shape index (κ2) is 6.30. The van der Waals surface area contributed by atoms with Gasteiger partial charge in [0.25, 0.3) is 0 Å². The van der Waals surface area contributed by atoms with E-state index in [0.29, 0.717) is 0 Å².